The van der Waals surface area contributed by atoms with Gasteiger partial charge in [0.25, 0.3) is 0 Å². The molecular formula is C19H27ClN2O2. The number of benzene rings is 1. The summed E-state index contributed by atoms with van der Waals surface area (Å²) in [5.74, 6) is 0.257. The normalized spacial score (nSPS) is 25.2. The van der Waals surface area contributed by atoms with E-state index in [4.69, 9.17) is 4.74 Å². The van der Waals surface area contributed by atoms with Crippen LogP contribution in [-0.4, -0.2) is 43.6 Å². The quantitative estimate of drug-likeness (QED) is 0.891. The van der Waals surface area contributed by atoms with Gasteiger partial charge >= 0.3 is 0 Å². The van der Waals surface area contributed by atoms with E-state index in [1.807, 2.05) is 6.07 Å². The minimum atomic E-state index is -0.0588. The van der Waals surface area contributed by atoms with Crippen molar-refractivity contribution in [3.05, 3.63) is 35.4 Å². The zero-order valence-corrected chi connectivity index (χ0v) is 14.9. The fraction of sp³-hybridized carbons (Fsp3) is 0.632. The highest BCUT2D eigenvalue weighted by Gasteiger charge is 2.38. The molecular weight excluding hydrogens is 324 g/mol. The molecule has 1 aromatic carbocycles. The van der Waals surface area contributed by atoms with Crippen LogP contribution in [0.15, 0.2) is 24.3 Å². The average molecular weight is 351 g/mol. The third-order valence-electron chi connectivity index (χ3n) is 5.96. The molecule has 0 aliphatic carbocycles. The Bertz CT molecular complexity index is 576. The molecule has 1 atom stereocenters. The van der Waals surface area contributed by atoms with Gasteiger partial charge in [-0.1, -0.05) is 24.3 Å². The first kappa shape index (κ1) is 17.7. The molecule has 1 N–H and O–H groups in total. The fourth-order valence-corrected chi connectivity index (χ4v) is 4.39. The first-order valence-corrected chi connectivity index (χ1v) is 8.94. The van der Waals surface area contributed by atoms with E-state index in [0.29, 0.717) is 11.8 Å². The monoisotopic (exact) mass is 350 g/mol. The first-order chi connectivity index (χ1) is 11.3. The maximum Gasteiger partial charge on any atom is 0.225 e. The number of likely N-dealkylation sites (tertiary alicyclic amines) is 1. The third kappa shape index (κ3) is 3.46. The third-order valence-corrected chi connectivity index (χ3v) is 5.96. The predicted molar refractivity (Wildman–Crippen MR) is 96.4 cm³/mol. The molecule has 1 unspecified atom stereocenters. The number of amides is 1. The standard InChI is InChI=1S/C19H26N2O2.ClH/c22-18(21-10-7-19(8-11-21)6-9-20-14-19)13-17-16-4-2-1-3-15(16)5-12-23-17;/h1-4,17,20H,5-14H2;1H. The van der Waals surface area contributed by atoms with Crippen molar-refractivity contribution in [3.63, 3.8) is 0 Å². The van der Waals surface area contributed by atoms with Gasteiger partial charge in [0.15, 0.2) is 0 Å². The van der Waals surface area contributed by atoms with Crippen LogP contribution in [0, 0.1) is 5.41 Å². The van der Waals surface area contributed by atoms with Crippen molar-refractivity contribution in [1.29, 1.82) is 0 Å². The van der Waals surface area contributed by atoms with Gasteiger partial charge in [-0.2, -0.15) is 0 Å². The number of fused-ring (bicyclic) bond motifs is 1. The second kappa shape index (κ2) is 7.42. The summed E-state index contributed by atoms with van der Waals surface area (Å²) in [5, 5.41) is 3.48. The highest BCUT2D eigenvalue weighted by atomic mass is 35.5. The molecule has 3 aliphatic heterocycles. The lowest BCUT2D eigenvalue weighted by Gasteiger charge is -2.39. The van der Waals surface area contributed by atoms with Crippen LogP contribution < -0.4 is 5.32 Å². The van der Waals surface area contributed by atoms with Gasteiger partial charge in [-0.3, -0.25) is 4.79 Å². The highest BCUT2D eigenvalue weighted by molar-refractivity contribution is 5.85. The van der Waals surface area contributed by atoms with E-state index in [0.717, 1.165) is 52.0 Å². The molecule has 3 heterocycles. The lowest BCUT2D eigenvalue weighted by atomic mass is 9.78. The summed E-state index contributed by atoms with van der Waals surface area (Å²) in [7, 11) is 0. The molecule has 1 spiro atoms. The molecule has 2 fully saturated rings. The molecule has 0 saturated carbocycles. The summed E-state index contributed by atoms with van der Waals surface area (Å²) < 4.78 is 5.90. The smallest absolute Gasteiger partial charge is 0.225 e. The Balaban J connectivity index is 0.00000169. The zero-order chi connectivity index (χ0) is 15.7. The van der Waals surface area contributed by atoms with Crippen molar-refractivity contribution in [2.24, 2.45) is 5.41 Å². The number of carbonyl (C=O) groups is 1. The lowest BCUT2D eigenvalue weighted by molar-refractivity contribution is -0.136. The van der Waals surface area contributed by atoms with Crippen molar-refractivity contribution in [2.75, 3.05) is 32.8 Å². The zero-order valence-electron chi connectivity index (χ0n) is 14.1. The van der Waals surface area contributed by atoms with E-state index < -0.39 is 0 Å². The molecule has 0 bridgehead atoms. The minimum Gasteiger partial charge on any atom is -0.373 e. The van der Waals surface area contributed by atoms with Gasteiger partial charge in [-0.25, -0.2) is 0 Å². The number of piperidine rings is 1. The van der Waals surface area contributed by atoms with Crippen molar-refractivity contribution >= 4 is 18.3 Å². The van der Waals surface area contributed by atoms with E-state index in [9.17, 15) is 4.79 Å². The van der Waals surface area contributed by atoms with E-state index in [1.165, 1.54) is 17.5 Å². The summed E-state index contributed by atoms with van der Waals surface area (Å²) in [6.45, 7) is 4.82. The van der Waals surface area contributed by atoms with Crippen LogP contribution in [0.25, 0.3) is 0 Å². The maximum absolute atomic E-state index is 12.7. The average Bonchev–Trinajstić information content (AvgIpc) is 3.04. The van der Waals surface area contributed by atoms with E-state index in [-0.39, 0.29) is 24.4 Å². The van der Waals surface area contributed by atoms with E-state index >= 15 is 0 Å². The molecule has 0 aromatic heterocycles. The predicted octanol–water partition coefficient (Wildman–Crippen LogP) is 2.71. The van der Waals surface area contributed by atoms with Crippen LogP contribution >= 0.6 is 12.4 Å². The summed E-state index contributed by atoms with van der Waals surface area (Å²) in [6.07, 6.45) is 4.95. The number of carbonyl (C=O) groups excluding carboxylic acids is 1. The number of ether oxygens (including phenoxy) is 1. The summed E-state index contributed by atoms with van der Waals surface area (Å²) in [4.78, 5) is 14.8. The van der Waals surface area contributed by atoms with Gasteiger partial charge in [0.2, 0.25) is 5.91 Å². The Morgan fingerprint density at radius 3 is 2.79 bits per heavy atom. The first-order valence-electron chi connectivity index (χ1n) is 8.94. The molecule has 1 aromatic rings. The number of rotatable bonds is 2. The van der Waals surface area contributed by atoms with Gasteiger partial charge in [0.05, 0.1) is 19.1 Å². The summed E-state index contributed by atoms with van der Waals surface area (Å²) in [5.41, 5.74) is 3.01. The second-order valence-corrected chi connectivity index (χ2v) is 7.32. The molecule has 1 amide bonds. The van der Waals surface area contributed by atoms with Crippen molar-refractivity contribution in [2.45, 2.75) is 38.2 Å². The Hall–Kier alpha value is -1.10. The van der Waals surface area contributed by atoms with E-state index in [2.05, 4.69) is 28.4 Å². The molecule has 5 heteroatoms. The second-order valence-electron chi connectivity index (χ2n) is 7.32. The van der Waals surface area contributed by atoms with Crippen molar-refractivity contribution < 1.29 is 9.53 Å². The highest BCUT2D eigenvalue weighted by Crippen LogP contribution is 2.37. The Labute approximate surface area is 150 Å². The Morgan fingerprint density at radius 2 is 2.04 bits per heavy atom. The Kier molecular flexibility index (Phi) is 5.48. The van der Waals surface area contributed by atoms with Gasteiger partial charge < -0.3 is 15.0 Å². The number of nitrogens with one attached hydrogen (secondary N) is 1. The largest absolute Gasteiger partial charge is 0.373 e. The molecule has 3 aliphatic rings. The summed E-state index contributed by atoms with van der Waals surface area (Å²) >= 11 is 0. The molecule has 4 nitrogen and oxygen atoms in total. The SMILES string of the molecule is Cl.O=C(CC1OCCc2ccccc21)N1CCC2(CCNC2)CC1. The minimum absolute atomic E-state index is 0. The van der Waals surface area contributed by atoms with Gasteiger partial charge in [-0.15, -0.1) is 12.4 Å². The molecule has 0 radical (unpaired) electrons. The Morgan fingerprint density at radius 1 is 1.25 bits per heavy atom. The number of nitrogens with zero attached hydrogens (tertiary/aromatic N) is 1. The van der Waals surface area contributed by atoms with Gasteiger partial charge in [-0.05, 0) is 48.8 Å². The van der Waals surface area contributed by atoms with Crippen LogP contribution in [0.2, 0.25) is 0 Å². The summed E-state index contributed by atoms with van der Waals surface area (Å²) in [6, 6.07) is 8.39. The fourth-order valence-electron chi connectivity index (χ4n) is 4.39. The molecule has 4 rings (SSSR count). The van der Waals surface area contributed by atoms with Gasteiger partial charge in [0, 0.05) is 19.6 Å². The number of halogens is 1. The van der Waals surface area contributed by atoms with Crippen LogP contribution in [0.5, 0.6) is 0 Å². The van der Waals surface area contributed by atoms with Crippen LogP contribution in [-0.2, 0) is 16.0 Å². The lowest BCUT2D eigenvalue weighted by Crippen LogP contribution is -2.44. The van der Waals surface area contributed by atoms with E-state index in [1.54, 1.807) is 0 Å². The van der Waals surface area contributed by atoms with Gasteiger partial charge in [0.1, 0.15) is 0 Å². The number of hydrogen-bond acceptors (Lipinski definition) is 3. The van der Waals surface area contributed by atoms with Crippen molar-refractivity contribution in [1.82, 2.24) is 10.2 Å². The molecule has 132 valence electrons. The topological polar surface area (TPSA) is 41.6 Å². The van der Waals surface area contributed by atoms with Crippen LogP contribution in [0.4, 0.5) is 0 Å². The maximum atomic E-state index is 12.7. The van der Waals surface area contributed by atoms with Crippen LogP contribution in [0.1, 0.15) is 42.9 Å². The van der Waals surface area contributed by atoms with Crippen LogP contribution in [0.3, 0.4) is 0 Å². The molecule has 2 saturated heterocycles. The molecule has 24 heavy (non-hydrogen) atoms. The number of hydrogen-bond donors (Lipinski definition) is 1. The van der Waals surface area contributed by atoms with Crippen molar-refractivity contribution in [3.8, 4) is 0 Å².